The van der Waals surface area contributed by atoms with Crippen molar-refractivity contribution in [3.05, 3.63) is 12.2 Å². The van der Waals surface area contributed by atoms with Crippen LogP contribution in [-0.2, 0) is 0 Å². The summed E-state index contributed by atoms with van der Waals surface area (Å²) in [5, 5.41) is 0. The van der Waals surface area contributed by atoms with E-state index in [9.17, 15) is 0 Å². The van der Waals surface area contributed by atoms with E-state index in [0.717, 1.165) is 5.92 Å². The summed E-state index contributed by atoms with van der Waals surface area (Å²) in [6, 6.07) is 0. The maximum absolute atomic E-state index is 4.03. The zero-order valence-electron chi connectivity index (χ0n) is 10.3. The van der Waals surface area contributed by atoms with Gasteiger partial charge in [-0.25, -0.2) is 0 Å². The highest BCUT2D eigenvalue weighted by atomic mass is 14.1. The van der Waals surface area contributed by atoms with Gasteiger partial charge in [-0.05, 0) is 25.7 Å². The molecule has 0 aromatic rings. The van der Waals surface area contributed by atoms with Crippen LogP contribution in [0, 0.1) is 5.92 Å². The maximum atomic E-state index is 4.03. The van der Waals surface area contributed by atoms with E-state index in [1.165, 1.54) is 37.7 Å². The molecule has 0 bridgehead atoms. The first-order valence-corrected chi connectivity index (χ1v) is 5.87. The molecule has 0 aromatic heterocycles. The Hall–Kier alpha value is -0.260. The quantitative estimate of drug-likeness (QED) is 0.473. The Balaban J connectivity index is -0.000000376. The smallest absolute Gasteiger partial charge is 0.0209 e. The van der Waals surface area contributed by atoms with Gasteiger partial charge in [-0.1, -0.05) is 66.5 Å². The normalized spacial score (nSPS) is 10.6. The molecular weight excluding hydrogens is 168 g/mol. The third kappa shape index (κ3) is 11.7. The van der Waals surface area contributed by atoms with Crippen LogP contribution in [0.2, 0.25) is 0 Å². The molecule has 1 unspecified atom stereocenters. The van der Waals surface area contributed by atoms with Crippen LogP contribution in [0.15, 0.2) is 12.2 Å². The lowest BCUT2D eigenvalue weighted by atomic mass is 9.91. The maximum Gasteiger partial charge on any atom is -0.0209 e. The van der Waals surface area contributed by atoms with Crippen LogP contribution >= 0.6 is 0 Å². The first-order chi connectivity index (χ1) is 6.22. The predicted octanol–water partition coefficient (Wildman–Crippen LogP) is 5.83. The number of rotatable bonds is 6. The molecule has 0 saturated carbocycles. The Kier molecular flexibility index (Phi) is 21.0. The van der Waals surface area contributed by atoms with E-state index in [1.54, 1.807) is 0 Å². The molecule has 1 atom stereocenters. The minimum atomic E-state index is 0. The molecule has 0 amide bonds. The molecule has 0 fully saturated rings. The zero-order chi connectivity index (χ0) is 10.7. The van der Waals surface area contributed by atoms with E-state index in [0.29, 0.717) is 0 Å². The lowest BCUT2D eigenvalue weighted by Gasteiger charge is -2.14. The van der Waals surface area contributed by atoms with Crippen molar-refractivity contribution in [2.24, 2.45) is 5.92 Å². The van der Waals surface area contributed by atoms with Crippen molar-refractivity contribution in [3.63, 3.8) is 0 Å². The second-order valence-electron chi connectivity index (χ2n) is 3.47. The van der Waals surface area contributed by atoms with Crippen LogP contribution in [0.4, 0.5) is 0 Å². The fraction of sp³-hybridized carbons (Fsp3) is 0.857. The van der Waals surface area contributed by atoms with Crippen molar-refractivity contribution < 1.29 is 0 Å². The Labute approximate surface area is 92.8 Å². The summed E-state index contributed by atoms with van der Waals surface area (Å²) in [5.41, 5.74) is 1.38. The topological polar surface area (TPSA) is 0 Å². The van der Waals surface area contributed by atoms with E-state index >= 15 is 0 Å². The van der Waals surface area contributed by atoms with Gasteiger partial charge in [0.1, 0.15) is 0 Å². The number of allylic oxidation sites excluding steroid dienone is 1. The first kappa shape index (κ1) is 19.3. The number of unbranched alkanes of at least 4 members (excludes halogenated alkanes) is 1. The molecule has 0 radical (unpaired) electrons. The third-order valence-corrected chi connectivity index (χ3v) is 2.24. The van der Waals surface area contributed by atoms with Gasteiger partial charge in [0.15, 0.2) is 0 Å². The predicted molar refractivity (Wildman–Crippen MR) is 70.8 cm³/mol. The standard InChI is InChI=1S/C11H22.C2H6.CH4/c1-5-7-9-11(8-6-2)10(3)4;1-2;/h11H,3,5-9H2,1-2,4H3;1-2H3;1H4. The monoisotopic (exact) mass is 200 g/mol. The summed E-state index contributed by atoms with van der Waals surface area (Å²) < 4.78 is 0. The molecule has 0 aliphatic rings. The van der Waals surface area contributed by atoms with Crippen LogP contribution in [-0.4, -0.2) is 0 Å². The summed E-state index contributed by atoms with van der Waals surface area (Å²) in [4.78, 5) is 0. The zero-order valence-corrected chi connectivity index (χ0v) is 10.3. The van der Waals surface area contributed by atoms with Gasteiger partial charge in [0.25, 0.3) is 0 Å². The third-order valence-electron chi connectivity index (χ3n) is 2.24. The van der Waals surface area contributed by atoms with Crippen LogP contribution in [0.3, 0.4) is 0 Å². The van der Waals surface area contributed by atoms with Gasteiger partial charge in [0.2, 0.25) is 0 Å². The molecule has 14 heavy (non-hydrogen) atoms. The average molecular weight is 200 g/mol. The van der Waals surface area contributed by atoms with Gasteiger partial charge in [-0.15, -0.1) is 0 Å². The van der Waals surface area contributed by atoms with Crippen LogP contribution in [0.25, 0.3) is 0 Å². The lowest BCUT2D eigenvalue weighted by molar-refractivity contribution is 0.490. The molecule has 0 aliphatic heterocycles. The Morgan fingerprint density at radius 1 is 1.07 bits per heavy atom. The molecular formula is C14H32. The second kappa shape index (κ2) is 15.2. The van der Waals surface area contributed by atoms with E-state index < -0.39 is 0 Å². The van der Waals surface area contributed by atoms with Crippen LogP contribution in [0.1, 0.15) is 74.1 Å². The summed E-state index contributed by atoms with van der Waals surface area (Å²) in [5.74, 6) is 0.792. The van der Waals surface area contributed by atoms with Gasteiger partial charge >= 0.3 is 0 Å². The molecule has 0 aliphatic carbocycles. The van der Waals surface area contributed by atoms with E-state index in [2.05, 4.69) is 27.4 Å². The van der Waals surface area contributed by atoms with Crippen molar-refractivity contribution in [1.29, 1.82) is 0 Å². The summed E-state index contributed by atoms with van der Waals surface area (Å²) in [6.07, 6.45) is 6.64. The first-order valence-electron chi connectivity index (χ1n) is 5.87. The lowest BCUT2D eigenvalue weighted by Crippen LogP contribution is -2.00. The minimum Gasteiger partial charge on any atom is -0.0999 e. The SMILES string of the molecule is C.C=C(C)C(CCC)CCCC.CC. The van der Waals surface area contributed by atoms with Crippen molar-refractivity contribution in [2.45, 2.75) is 74.1 Å². The molecule has 0 N–H and O–H groups in total. The average Bonchev–Trinajstić information content (AvgIpc) is 2.15. The Morgan fingerprint density at radius 2 is 1.57 bits per heavy atom. The molecule has 0 spiro atoms. The van der Waals surface area contributed by atoms with E-state index in [-0.39, 0.29) is 7.43 Å². The molecule has 0 aromatic carbocycles. The Bertz CT molecular complexity index is 103. The highest BCUT2D eigenvalue weighted by molar-refractivity contribution is 4.95. The highest BCUT2D eigenvalue weighted by Crippen LogP contribution is 2.21. The van der Waals surface area contributed by atoms with Crippen LogP contribution in [0.5, 0.6) is 0 Å². The highest BCUT2D eigenvalue weighted by Gasteiger charge is 2.06. The van der Waals surface area contributed by atoms with Crippen molar-refractivity contribution in [2.75, 3.05) is 0 Å². The minimum absolute atomic E-state index is 0. The van der Waals surface area contributed by atoms with E-state index in [1.807, 2.05) is 13.8 Å². The summed E-state index contributed by atoms with van der Waals surface area (Å²) >= 11 is 0. The van der Waals surface area contributed by atoms with Crippen molar-refractivity contribution in [1.82, 2.24) is 0 Å². The molecule has 0 saturated heterocycles. The summed E-state index contributed by atoms with van der Waals surface area (Å²) in [7, 11) is 0. The molecule has 0 nitrogen and oxygen atoms in total. The number of hydrogen-bond donors (Lipinski definition) is 0. The van der Waals surface area contributed by atoms with Gasteiger partial charge < -0.3 is 0 Å². The fourth-order valence-electron chi connectivity index (χ4n) is 1.44. The molecule has 0 rings (SSSR count). The molecule has 88 valence electrons. The fourth-order valence-corrected chi connectivity index (χ4v) is 1.44. The van der Waals surface area contributed by atoms with Crippen LogP contribution < -0.4 is 0 Å². The molecule has 0 heteroatoms. The van der Waals surface area contributed by atoms with Gasteiger partial charge in [0, 0.05) is 0 Å². The van der Waals surface area contributed by atoms with Gasteiger partial charge in [0.05, 0.1) is 0 Å². The van der Waals surface area contributed by atoms with E-state index in [4.69, 9.17) is 0 Å². The molecule has 0 heterocycles. The van der Waals surface area contributed by atoms with Gasteiger partial charge in [-0.2, -0.15) is 0 Å². The summed E-state index contributed by atoms with van der Waals surface area (Å²) in [6.45, 7) is 14.7. The van der Waals surface area contributed by atoms with Crippen molar-refractivity contribution >= 4 is 0 Å². The number of hydrogen-bond acceptors (Lipinski definition) is 0. The largest absolute Gasteiger partial charge is 0.0999 e. The van der Waals surface area contributed by atoms with Gasteiger partial charge in [-0.3, -0.25) is 0 Å². The second-order valence-corrected chi connectivity index (χ2v) is 3.47. The van der Waals surface area contributed by atoms with Crippen molar-refractivity contribution in [3.8, 4) is 0 Å². The Morgan fingerprint density at radius 3 is 1.86 bits per heavy atom.